The van der Waals surface area contributed by atoms with Crippen LogP contribution in [0.2, 0.25) is 0 Å². The van der Waals surface area contributed by atoms with E-state index in [1.165, 1.54) is 12.1 Å². The molecule has 1 atom stereocenters. The van der Waals surface area contributed by atoms with Gasteiger partial charge in [0.1, 0.15) is 29.1 Å². The second kappa shape index (κ2) is 7.65. The number of thioether (sulfide) groups is 1. The number of carbonyl (C=O) groups excluding carboxylic acids is 1. The number of halogens is 1. The summed E-state index contributed by atoms with van der Waals surface area (Å²) in [5, 5.41) is 20.6. The zero-order valence-corrected chi connectivity index (χ0v) is 14.4. The van der Waals surface area contributed by atoms with E-state index in [0.717, 1.165) is 11.8 Å². The van der Waals surface area contributed by atoms with Crippen molar-refractivity contribution in [3.8, 4) is 12.1 Å². The van der Waals surface area contributed by atoms with E-state index in [2.05, 4.69) is 10.3 Å². The van der Waals surface area contributed by atoms with E-state index < -0.39 is 11.1 Å². The van der Waals surface area contributed by atoms with E-state index in [-0.39, 0.29) is 22.9 Å². The first-order chi connectivity index (χ1) is 11.8. The van der Waals surface area contributed by atoms with Crippen molar-refractivity contribution in [1.29, 1.82) is 10.5 Å². The first-order valence-corrected chi connectivity index (χ1v) is 8.13. The molecule has 4 N–H and O–H groups in total. The van der Waals surface area contributed by atoms with Crippen LogP contribution in [0.1, 0.15) is 23.6 Å². The number of aromatic nitrogens is 1. The Hall–Kier alpha value is -3.10. The van der Waals surface area contributed by atoms with E-state index in [1.54, 1.807) is 26.0 Å². The Kier molecular flexibility index (Phi) is 5.58. The molecule has 0 radical (unpaired) electrons. The van der Waals surface area contributed by atoms with E-state index >= 15 is 0 Å². The lowest BCUT2D eigenvalue weighted by molar-refractivity contribution is -0.410. The number of nitrogens with one attached hydrogen (secondary N) is 2. The van der Waals surface area contributed by atoms with E-state index in [1.807, 2.05) is 12.1 Å². The highest BCUT2D eigenvalue weighted by Crippen LogP contribution is 2.25. The number of hydrogen-bond donors (Lipinski definition) is 2. The summed E-state index contributed by atoms with van der Waals surface area (Å²) in [5.41, 5.74) is 6.94. The molecule has 0 saturated heterocycles. The van der Waals surface area contributed by atoms with Crippen LogP contribution in [0.15, 0.2) is 29.3 Å². The molecule has 0 aliphatic rings. The van der Waals surface area contributed by atoms with Crippen molar-refractivity contribution in [1.82, 2.24) is 0 Å². The molecule has 1 aromatic heterocycles. The summed E-state index contributed by atoms with van der Waals surface area (Å²) in [6.07, 6.45) is 0. The maximum Gasteiger partial charge on any atom is 0.289 e. The van der Waals surface area contributed by atoms with Crippen LogP contribution in [0.5, 0.6) is 0 Å². The van der Waals surface area contributed by atoms with Gasteiger partial charge in [-0.3, -0.25) is 10.5 Å². The van der Waals surface area contributed by atoms with Crippen LogP contribution < -0.4 is 16.0 Å². The molecule has 0 spiro atoms. The quantitative estimate of drug-likeness (QED) is 0.816. The fourth-order valence-electron chi connectivity index (χ4n) is 1.96. The van der Waals surface area contributed by atoms with Gasteiger partial charge >= 0.3 is 0 Å². The second-order valence-electron chi connectivity index (χ2n) is 5.28. The van der Waals surface area contributed by atoms with E-state index in [4.69, 9.17) is 11.0 Å². The molecule has 1 heterocycles. The molecule has 2 rings (SSSR count). The minimum atomic E-state index is -0.583. The molecule has 0 fully saturated rings. The number of rotatable bonds is 4. The van der Waals surface area contributed by atoms with Crippen molar-refractivity contribution in [2.75, 3.05) is 11.1 Å². The summed E-state index contributed by atoms with van der Waals surface area (Å²) in [6.45, 7) is 3.28. The lowest BCUT2D eigenvalue weighted by atomic mass is 10.2. The molecular formula is C17H15FN5OS+. The summed E-state index contributed by atoms with van der Waals surface area (Å²) in [7, 11) is 0. The number of nitrogen functional groups attached to an aromatic ring is 1. The fraction of sp³-hybridized carbons (Fsp3) is 0.176. The Morgan fingerprint density at radius 2 is 2.00 bits per heavy atom. The number of nitrogens with zero attached hydrogens (tertiary/aromatic N) is 2. The average molecular weight is 356 g/mol. The first kappa shape index (κ1) is 18.2. The number of carbonyl (C=O) groups is 1. The molecule has 2 aromatic rings. The Morgan fingerprint density at radius 1 is 1.32 bits per heavy atom. The monoisotopic (exact) mass is 356 g/mol. The average Bonchev–Trinajstić information content (AvgIpc) is 2.58. The van der Waals surface area contributed by atoms with Gasteiger partial charge in [0, 0.05) is 5.69 Å². The summed E-state index contributed by atoms with van der Waals surface area (Å²) in [6, 6.07) is 9.65. The molecule has 0 aliphatic heterocycles. The minimum Gasteiger partial charge on any atom is -0.325 e. The van der Waals surface area contributed by atoms with Gasteiger partial charge < -0.3 is 5.32 Å². The first-order valence-electron chi connectivity index (χ1n) is 7.25. The zero-order valence-electron chi connectivity index (χ0n) is 13.6. The summed E-state index contributed by atoms with van der Waals surface area (Å²) < 4.78 is 13.6. The van der Waals surface area contributed by atoms with Gasteiger partial charge in [-0.05, 0) is 37.6 Å². The summed E-state index contributed by atoms with van der Waals surface area (Å²) in [4.78, 5) is 15.1. The molecule has 1 amide bonds. The second-order valence-corrected chi connectivity index (χ2v) is 6.63. The van der Waals surface area contributed by atoms with Crippen LogP contribution in [0.4, 0.5) is 15.9 Å². The number of pyridine rings is 1. The van der Waals surface area contributed by atoms with Crippen LogP contribution in [-0.2, 0) is 4.79 Å². The molecule has 0 saturated carbocycles. The zero-order chi connectivity index (χ0) is 18.6. The molecular weight excluding hydrogens is 341 g/mol. The van der Waals surface area contributed by atoms with Gasteiger partial charge in [0.25, 0.3) is 5.82 Å². The number of amides is 1. The van der Waals surface area contributed by atoms with Gasteiger partial charge in [0.05, 0.1) is 5.25 Å². The van der Waals surface area contributed by atoms with Crippen molar-refractivity contribution in [2.24, 2.45) is 0 Å². The molecule has 0 unspecified atom stereocenters. The van der Waals surface area contributed by atoms with Gasteiger partial charge in [-0.2, -0.15) is 10.5 Å². The van der Waals surface area contributed by atoms with Crippen molar-refractivity contribution in [3.63, 3.8) is 0 Å². The van der Waals surface area contributed by atoms with Crippen LogP contribution in [0.3, 0.4) is 0 Å². The minimum absolute atomic E-state index is 0.122. The highest BCUT2D eigenvalue weighted by atomic mass is 32.2. The molecule has 0 bridgehead atoms. The third kappa shape index (κ3) is 4.25. The largest absolute Gasteiger partial charge is 0.325 e. The van der Waals surface area contributed by atoms with E-state index in [0.29, 0.717) is 16.3 Å². The molecule has 6 nitrogen and oxygen atoms in total. The third-order valence-electron chi connectivity index (χ3n) is 3.42. The Bertz CT molecular complexity index is 916. The number of aromatic amines is 1. The van der Waals surface area contributed by atoms with Crippen LogP contribution in [0.25, 0.3) is 0 Å². The van der Waals surface area contributed by atoms with Crippen molar-refractivity contribution < 1.29 is 14.2 Å². The van der Waals surface area contributed by atoms with Gasteiger partial charge in [-0.25, -0.2) is 9.37 Å². The lowest BCUT2D eigenvalue weighted by Gasteiger charge is -2.12. The van der Waals surface area contributed by atoms with Crippen LogP contribution in [0, 0.1) is 35.4 Å². The van der Waals surface area contributed by atoms with Crippen molar-refractivity contribution in [2.45, 2.75) is 24.1 Å². The third-order valence-corrected chi connectivity index (χ3v) is 4.54. The van der Waals surface area contributed by atoms with Crippen molar-refractivity contribution >= 4 is 29.2 Å². The van der Waals surface area contributed by atoms with Crippen LogP contribution in [-0.4, -0.2) is 11.2 Å². The van der Waals surface area contributed by atoms with Gasteiger partial charge in [0.2, 0.25) is 5.91 Å². The van der Waals surface area contributed by atoms with Gasteiger partial charge in [0.15, 0.2) is 5.03 Å². The summed E-state index contributed by atoms with van der Waals surface area (Å²) in [5.74, 6) is -0.635. The number of aryl methyl sites for hydroxylation is 1. The standard InChI is InChI=1S/C17H14FN5OS/c1-9-3-4-13(6-14(9)18)22-16(24)10(2)25-17-12(8-20)5-11(7-19)15(21)23-17/h3-6,10H,1-2H3,(H2,21,23)(H,22,24)/p+1/t10-/m1/s1. The molecule has 0 aliphatic carbocycles. The molecule has 1 aromatic carbocycles. The normalized spacial score (nSPS) is 11.2. The number of H-pyrrole nitrogens is 1. The Labute approximate surface area is 148 Å². The summed E-state index contributed by atoms with van der Waals surface area (Å²) >= 11 is 1.09. The number of nitrogens with two attached hydrogens (primary N) is 1. The Morgan fingerprint density at radius 3 is 2.60 bits per heavy atom. The topological polar surface area (TPSA) is 117 Å². The number of benzene rings is 1. The number of hydrogen-bond acceptors (Lipinski definition) is 5. The molecule has 25 heavy (non-hydrogen) atoms. The lowest BCUT2D eigenvalue weighted by Crippen LogP contribution is -2.25. The predicted molar refractivity (Wildman–Crippen MR) is 91.9 cm³/mol. The van der Waals surface area contributed by atoms with Crippen molar-refractivity contribution in [3.05, 3.63) is 46.8 Å². The fourth-order valence-corrected chi connectivity index (χ4v) is 2.88. The predicted octanol–water partition coefficient (Wildman–Crippen LogP) is 2.39. The number of anilines is 2. The Balaban J connectivity index is 2.16. The van der Waals surface area contributed by atoms with Gasteiger partial charge in [-0.15, -0.1) is 0 Å². The molecule has 126 valence electrons. The maximum atomic E-state index is 13.6. The SMILES string of the molecule is Cc1ccc(NC(=O)[C@@H](C)Sc2[nH+]c(N)c(C#N)cc2C#N)cc1F. The number of nitriles is 2. The van der Waals surface area contributed by atoms with Gasteiger partial charge in [-0.1, -0.05) is 17.8 Å². The smallest absolute Gasteiger partial charge is 0.289 e. The van der Waals surface area contributed by atoms with Crippen LogP contribution >= 0.6 is 11.8 Å². The van der Waals surface area contributed by atoms with E-state index in [9.17, 15) is 14.4 Å². The highest BCUT2D eigenvalue weighted by Gasteiger charge is 2.21. The highest BCUT2D eigenvalue weighted by molar-refractivity contribution is 8.00. The molecule has 8 heteroatoms. The maximum absolute atomic E-state index is 13.6.